The highest BCUT2D eigenvalue weighted by atomic mass is 16.5. The van der Waals surface area contributed by atoms with Gasteiger partial charge in [-0.3, -0.25) is 0 Å². The lowest BCUT2D eigenvalue weighted by molar-refractivity contribution is 0.230. The number of aliphatic imine (C=N–C) groups is 1. The molecule has 1 aromatic heterocycles. The Labute approximate surface area is 200 Å². The SMILES string of the molecule is O=C=NCC1CCCC(CNC(=O)NCCc2c[nH]c3cc(OCc4ccccc4)ccc23)C1. The molecule has 3 aromatic rings. The van der Waals surface area contributed by atoms with Crippen LogP contribution < -0.4 is 15.4 Å². The van der Waals surface area contributed by atoms with Crippen molar-refractivity contribution in [2.24, 2.45) is 16.8 Å². The van der Waals surface area contributed by atoms with E-state index in [1.807, 2.05) is 48.7 Å². The quantitative estimate of drug-likeness (QED) is 0.301. The Hall–Kier alpha value is -3.57. The largest absolute Gasteiger partial charge is 0.489 e. The molecule has 1 heterocycles. The molecule has 1 aliphatic carbocycles. The lowest BCUT2D eigenvalue weighted by Gasteiger charge is -2.28. The summed E-state index contributed by atoms with van der Waals surface area (Å²) in [4.78, 5) is 29.6. The van der Waals surface area contributed by atoms with E-state index in [1.165, 1.54) is 0 Å². The summed E-state index contributed by atoms with van der Waals surface area (Å²) in [6.07, 6.45) is 8.68. The molecular weight excluding hydrogens is 428 g/mol. The second-order valence-electron chi connectivity index (χ2n) is 9.01. The van der Waals surface area contributed by atoms with Crippen molar-refractivity contribution in [3.05, 3.63) is 65.9 Å². The van der Waals surface area contributed by atoms with Gasteiger partial charge in [-0.15, -0.1) is 0 Å². The predicted octanol–water partition coefficient (Wildman–Crippen LogP) is 4.73. The number of hydrogen-bond donors (Lipinski definition) is 3. The smallest absolute Gasteiger partial charge is 0.314 e. The molecule has 1 saturated carbocycles. The van der Waals surface area contributed by atoms with Crippen molar-refractivity contribution in [2.75, 3.05) is 19.6 Å². The molecular formula is C27H32N4O3. The Balaban J connectivity index is 1.20. The van der Waals surface area contributed by atoms with E-state index in [0.717, 1.165) is 59.9 Å². The van der Waals surface area contributed by atoms with Crippen LogP contribution in [0.2, 0.25) is 0 Å². The van der Waals surface area contributed by atoms with Crippen molar-refractivity contribution in [3.63, 3.8) is 0 Å². The van der Waals surface area contributed by atoms with Gasteiger partial charge in [0.15, 0.2) is 0 Å². The number of nitrogens with zero attached hydrogens (tertiary/aromatic N) is 1. The summed E-state index contributed by atoms with van der Waals surface area (Å²) in [6.45, 7) is 2.31. The molecule has 2 unspecified atom stereocenters. The maximum atomic E-state index is 12.2. The van der Waals surface area contributed by atoms with Crippen molar-refractivity contribution < 1.29 is 14.3 Å². The van der Waals surface area contributed by atoms with Gasteiger partial charge < -0.3 is 20.4 Å². The zero-order chi connectivity index (χ0) is 23.6. The van der Waals surface area contributed by atoms with Crippen molar-refractivity contribution in [2.45, 2.75) is 38.7 Å². The molecule has 3 N–H and O–H groups in total. The molecule has 2 amide bonds. The van der Waals surface area contributed by atoms with Crippen LogP contribution in [0.3, 0.4) is 0 Å². The summed E-state index contributed by atoms with van der Waals surface area (Å²) in [7, 11) is 0. The number of isocyanates is 1. The van der Waals surface area contributed by atoms with Gasteiger partial charge in [-0.2, -0.15) is 0 Å². The first-order chi connectivity index (χ1) is 16.7. The lowest BCUT2D eigenvalue weighted by atomic mass is 9.81. The van der Waals surface area contributed by atoms with Gasteiger partial charge in [0, 0.05) is 36.3 Å². The minimum atomic E-state index is -0.135. The molecule has 0 bridgehead atoms. The van der Waals surface area contributed by atoms with Gasteiger partial charge in [-0.1, -0.05) is 36.8 Å². The molecule has 2 atom stereocenters. The highest BCUT2D eigenvalue weighted by Gasteiger charge is 2.22. The van der Waals surface area contributed by atoms with E-state index in [-0.39, 0.29) is 6.03 Å². The number of carbonyl (C=O) groups excluding carboxylic acids is 2. The summed E-state index contributed by atoms with van der Waals surface area (Å²) >= 11 is 0. The third-order valence-corrected chi connectivity index (χ3v) is 6.52. The number of amides is 2. The Morgan fingerprint density at radius 3 is 2.82 bits per heavy atom. The van der Waals surface area contributed by atoms with E-state index in [2.05, 4.69) is 26.7 Å². The lowest BCUT2D eigenvalue weighted by Crippen LogP contribution is -2.40. The molecule has 1 aliphatic rings. The van der Waals surface area contributed by atoms with Crippen LogP contribution in [-0.4, -0.2) is 36.7 Å². The average Bonchev–Trinajstić information content (AvgIpc) is 3.28. The van der Waals surface area contributed by atoms with E-state index >= 15 is 0 Å². The summed E-state index contributed by atoms with van der Waals surface area (Å²) < 4.78 is 5.92. The third kappa shape index (κ3) is 6.72. The second-order valence-corrected chi connectivity index (χ2v) is 9.01. The number of aromatic amines is 1. The Morgan fingerprint density at radius 2 is 1.97 bits per heavy atom. The highest BCUT2D eigenvalue weighted by Crippen LogP contribution is 2.29. The topological polar surface area (TPSA) is 95.6 Å². The molecule has 4 rings (SSSR count). The molecule has 0 saturated heterocycles. The van der Waals surface area contributed by atoms with E-state index < -0.39 is 0 Å². The molecule has 7 heteroatoms. The first kappa shape index (κ1) is 23.6. The van der Waals surface area contributed by atoms with E-state index in [1.54, 1.807) is 6.08 Å². The monoisotopic (exact) mass is 460 g/mol. The molecule has 1 fully saturated rings. The third-order valence-electron chi connectivity index (χ3n) is 6.52. The number of benzene rings is 2. The van der Waals surface area contributed by atoms with Gasteiger partial charge >= 0.3 is 6.03 Å². The molecule has 178 valence electrons. The number of H-pyrrole nitrogens is 1. The van der Waals surface area contributed by atoms with Crippen LogP contribution in [-0.2, 0) is 17.8 Å². The Kier molecular flexibility index (Phi) is 8.36. The van der Waals surface area contributed by atoms with Crippen molar-refractivity contribution in [1.82, 2.24) is 15.6 Å². The maximum Gasteiger partial charge on any atom is 0.314 e. The van der Waals surface area contributed by atoms with Crippen molar-refractivity contribution >= 4 is 23.0 Å². The van der Waals surface area contributed by atoms with Crippen LogP contribution in [0, 0.1) is 11.8 Å². The van der Waals surface area contributed by atoms with Crippen molar-refractivity contribution in [3.8, 4) is 5.75 Å². The number of fused-ring (bicyclic) bond motifs is 1. The summed E-state index contributed by atoms with van der Waals surface area (Å²) in [5.74, 6) is 1.69. The number of rotatable bonds is 10. The summed E-state index contributed by atoms with van der Waals surface area (Å²) in [5, 5.41) is 7.10. The van der Waals surface area contributed by atoms with Crippen LogP contribution in [0.4, 0.5) is 4.79 Å². The van der Waals surface area contributed by atoms with E-state index in [0.29, 0.717) is 38.1 Å². The number of carbonyl (C=O) groups is 1. The van der Waals surface area contributed by atoms with Crippen LogP contribution in [0.15, 0.2) is 59.7 Å². The Morgan fingerprint density at radius 1 is 1.12 bits per heavy atom. The van der Waals surface area contributed by atoms with Crippen LogP contribution in [0.25, 0.3) is 10.9 Å². The molecule has 0 aliphatic heterocycles. The maximum absolute atomic E-state index is 12.2. The zero-order valence-corrected chi connectivity index (χ0v) is 19.4. The summed E-state index contributed by atoms with van der Waals surface area (Å²) in [5.41, 5.74) is 3.32. The first-order valence-corrected chi connectivity index (χ1v) is 12.0. The Bertz CT molecular complexity index is 1120. The molecule has 2 aromatic carbocycles. The number of ether oxygens (including phenoxy) is 1. The molecule has 0 spiro atoms. The number of hydrogen-bond acceptors (Lipinski definition) is 4. The minimum absolute atomic E-state index is 0.135. The highest BCUT2D eigenvalue weighted by molar-refractivity contribution is 5.84. The van der Waals surface area contributed by atoms with Gasteiger partial charge in [0.05, 0.1) is 6.54 Å². The molecule has 34 heavy (non-hydrogen) atoms. The zero-order valence-electron chi connectivity index (χ0n) is 19.4. The molecule has 7 nitrogen and oxygen atoms in total. The van der Waals surface area contributed by atoms with Gasteiger partial charge in [0.1, 0.15) is 12.4 Å². The number of aromatic nitrogens is 1. The molecule has 0 radical (unpaired) electrons. The fourth-order valence-electron chi connectivity index (χ4n) is 4.73. The number of urea groups is 1. The number of nitrogens with one attached hydrogen (secondary N) is 3. The van der Waals surface area contributed by atoms with Gasteiger partial charge in [-0.05, 0) is 60.8 Å². The van der Waals surface area contributed by atoms with Gasteiger partial charge in [0.25, 0.3) is 0 Å². The second kappa shape index (κ2) is 12.1. The fraction of sp³-hybridized carbons (Fsp3) is 0.407. The van der Waals surface area contributed by atoms with Gasteiger partial charge in [-0.25, -0.2) is 14.6 Å². The summed E-state index contributed by atoms with van der Waals surface area (Å²) in [6, 6.07) is 16.0. The van der Waals surface area contributed by atoms with E-state index in [4.69, 9.17) is 4.74 Å². The standard InChI is InChI=1S/C27H32N4O3/c32-19-28-15-21-7-4-8-22(13-21)16-31-27(33)29-12-11-23-17-30-26-14-24(9-10-25(23)26)34-18-20-5-2-1-3-6-20/h1-3,5-6,9-10,14,17,21-22,30H,4,7-8,11-13,15-16,18H2,(H2,29,31,33). The normalized spacial score (nSPS) is 17.6. The fourth-order valence-corrected chi connectivity index (χ4v) is 4.73. The van der Waals surface area contributed by atoms with Crippen LogP contribution in [0.5, 0.6) is 5.75 Å². The van der Waals surface area contributed by atoms with Crippen molar-refractivity contribution in [1.29, 1.82) is 0 Å². The van der Waals surface area contributed by atoms with Crippen LogP contribution >= 0.6 is 0 Å². The van der Waals surface area contributed by atoms with Gasteiger partial charge in [0.2, 0.25) is 6.08 Å². The average molecular weight is 461 g/mol. The van der Waals surface area contributed by atoms with Crippen LogP contribution in [0.1, 0.15) is 36.8 Å². The minimum Gasteiger partial charge on any atom is -0.489 e. The predicted molar refractivity (Wildman–Crippen MR) is 133 cm³/mol. The van der Waals surface area contributed by atoms with E-state index in [9.17, 15) is 9.59 Å². The first-order valence-electron chi connectivity index (χ1n) is 12.0.